The molecule has 0 atom stereocenters. The Kier molecular flexibility index (Phi) is 4.24. The van der Waals surface area contributed by atoms with Crippen LogP contribution in [0.5, 0.6) is 0 Å². The maximum atomic E-state index is 12.1. The molecule has 2 rings (SSSR count). The van der Waals surface area contributed by atoms with Gasteiger partial charge in [-0.05, 0) is 24.4 Å². The highest BCUT2D eigenvalue weighted by Crippen LogP contribution is 2.18. The first-order valence-corrected chi connectivity index (χ1v) is 6.92. The summed E-state index contributed by atoms with van der Waals surface area (Å²) >= 11 is 1.47. The molecule has 0 aliphatic carbocycles. The van der Waals surface area contributed by atoms with Crippen LogP contribution < -0.4 is 0 Å². The normalized spacial score (nSPS) is 10.3. The van der Waals surface area contributed by atoms with E-state index in [9.17, 15) is 9.59 Å². The predicted octanol–water partition coefficient (Wildman–Crippen LogP) is 2.71. The Balaban J connectivity index is 2.10. The zero-order chi connectivity index (χ0) is 14.7. The topological polar surface area (TPSA) is 59.8 Å². The van der Waals surface area contributed by atoms with E-state index < -0.39 is 5.97 Å². The van der Waals surface area contributed by atoms with Crippen LogP contribution in [0, 0.1) is 6.92 Å². The van der Waals surface area contributed by atoms with Gasteiger partial charge in [-0.15, -0.1) is 0 Å². The summed E-state index contributed by atoms with van der Waals surface area (Å²) < 4.78 is 10.1. The molecule has 0 saturated carbocycles. The molecule has 0 saturated heterocycles. The van der Waals surface area contributed by atoms with Crippen molar-refractivity contribution in [1.82, 2.24) is 4.90 Å². The van der Waals surface area contributed by atoms with E-state index in [1.807, 2.05) is 5.38 Å². The summed E-state index contributed by atoms with van der Waals surface area (Å²) in [5.41, 5.74) is 1.04. The molecule has 0 aromatic carbocycles. The third kappa shape index (κ3) is 2.91. The number of thiophene rings is 1. The van der Waals surface area contributed by atoms with Gasteiger partial charge in [0.1, 0.15) is 17.1 Å². The highest BCUT2D eigenvalue weighted by molar-refractivity contribution is 7.08. The number of carbonyl (C=O) groups excluding carboxylic acids is 2. The number of hydrogen-bond acceptors (Lipinski definition) is 5. The molecule has 2 aromatic heterocycles. The number of ether oxygens (including phenoxy) is 1. The van der Waals surface area contributed by atoms with Gasteiger partial charge in [-0.1, -0.05) is 0 Å². The summed E-state index contributed by atoms with van der Waals surface area (Å²) in [6, 6.07) is 3.38. The number of carbonyl (C=O) groups is 2. The second kappa shape index (κ2) is 5.92. The molecule has 20 heavy (non-hydrogen) atoms. The van der Waals surface area contributed by atoms with Gasteiger partial charge in [-0.25, -0.2) is 4.79 Å². The number of methoxy groups -OCH3 is 1. The lowest BCUT2D eigenvalue weighted by Crippen LogP contribution is -2.25. The van der Waals surface area contributed by atoms with Gasteiger partial charge in [0.15, 0.2) is 0 Å². The molecule has 106 valence electrons. The summed E-state index contributed by atoms with van der Waals surface area (Å²) in [5.74, 6) is 0.515. The van der Waals surface area contributed by atoms with E-state index in [4.69, 9.17) is 4.42 Å². The third-order valence-corrected chi connectivity index (χ3v) is 3.57. The third-order valence-electron chi connectivity index (χ3n) is 2.88. The van der Waals surface area contributed by atoms with Crippen molar-refractivity contribution in [2.24, 2.45) is 0 Å². The summed E-state index contributed by atoms with van der Waals surface area (Å²) in [7, 11) is 3.01. The Bertz CT molecular complexity index is 615. The van der Waals surface area contributed by atoms with Gasteiger partial charge in [-0.3, -0.25) is 4.79 Å². The lowest BCUT2D eigenvalue weighted by atomic mass is 10.2. The molecule has 5 nitrogen and oxygen atoms in total. The second-order valence-corrected chi connectivity index (χ2v) is 5.13. The number of nitrogens with zero attached hydrogens (tertiary/aromatic N) is 1. The van der Waals surface area contributed by atoms with Crippen LogP contribution in [0.2, 0.25) is 0 Å². The molecular formula is C14H15NO4S. The highest BCUT2D eigenvalue weighted by Gasteiger charge is 2.18. The van der Waals surface area contributed by atoms with E-state index in [1.54, 1.807) is 36.4 Å². The number of amides is 1. The van der Waals surface area contributed by atoms with E-state index in [2.05, 4.69) is 4.74 Å². The zero-order valence-electron chi connectivity index (χ0n) is 11.5. The monoisotopic (exact) mass is 293 g/mol. The molecular weight excluding hydrogens is 278 g/mol. The predicted molar refractivity (Wildman–Crippen MR) is 74.9 cm³/mol. The fraction of sp³-hybridized carbons (Fsp3) is 0.286. The maximum Gasteiger partial charge on any atom is 0.341 e. The van der Waals surface area contributed by atoms with Crippen LogP contribution in [0.15, 0.2) is 27.3 Å². The molecule has 0 spiro atoms. The Morgan fingerprint density at radius 1 is 1.45 bits per heavy atom. The second-order valence-electron chi connectivity index (χ2n) is 4.35. The van der Waals surface area contributed by atoms with Gasteiger partial charge >= 0.3 is 5.97 Å². The van der Waals surface area contributed by atoms with E-state index in [1.165, 1.54) is 18.4 Å². The van der Waals surface area contributed by atoms with Crippen molar-refractivity contribution in [2.45, 2.75) is 13.5 Å². The molecule has 2 aromatic rings. The van der Waals surface area contributed by atoms with Crippen LogP contribution in [-0.2, 0) is 11.3 Å². The van der Waals surface area contributed by atoms with Crippen molar-refractivity contribution in [2.75, 3.05) is 14.2 Å². The molecule has 0 N–H and O–H groups in total. The van der Waals surface area contributed by atoms with Crippen molar-refractivity contribution in [3.05, 3.63) is 45.5 Å². The Morgan fingerprint density at radius 2 is 2.20 bits per heavy atom. The SMILES string of the molecule is COC(=O)c1cc(CN(C)C(=O)c2ccsc2)oc1C. The minimum atomic E-state index is -0.440. The molecule has 1 amide bonds. The van der Waals surface area contributed by atoms with E-state index >= 15 is 0 Å². The van der Waals surface area contributed by atoms with Crippen molar-refractivity contribution in [3.8, 4) is 0 Å². The number of aryl methyl sites for hydroxylation is 1. The smallest absolute Gasteiger partial charge is 0.341 e. The molecule has 2 heterocycles. The van der Waals surface area contributed by atoms with Crippen molar-refractivity contribution < 1.29 is 18.7 Å². The summed E-state index contributed by atoms with van der Waals surface area (Å²) in [6.07, 6.45) is 0. The van der Waals surface area contributed by atoms with Crippen molar-refractivity contribution in [3.63, 3.8) is 0 Å². The fourth-order valence-corrected chi connectivity index (χ4v) is 2.48. The van der Waals surface area contributed by atoms with Gasteiger partial charge in [0, 0.05) is 12.4 Å². The number of hydrogen-bond donors (Lipinski definition) is 0. The average Bonchev–Trinajstić information content (AvgIpc) is 3.06. The van der Waals surface area contributed by atoms with Crippen LogP contribution in [0.1, 0.15) is 32.2 Å². The van der Waals surface area contributed by atoms with Crippen molar-refractivity contribution in [1.29, 1.82) is 0 Å². The van der Waals surface area contributed by atoms with Crippen LogP contribution in [-0.4, -0.2) is 30.9 Å². The summed E-state index contributed by atoms with van der Waals surface area (Å²) in [4.78, 5) is 25.1. The first-order chi connectivity index (χ1) is 9.52. The fourth-order valence-electron chi connectivity index (χ4n) is 1.85. The standard InChI is InChI=1S/C14H15NO4S/c1-9-12(14(17)18-3)6-11(19-9)7-15(2)13(16)10-4-5-20-8-10/h4-6,8H,7H2,1-3H3. The van der Waals surface area contributed by atoms with Crippen LogP contribution in [0.3, 0.4) is 0 Å². The zero-order valence-corrected chi connectivity index (χ0v) is 12.3. The summed E-state index contributed by atoms with van der Waals surface area (Å²) in [5, 5.41) is 3.65. The molecule has 0 aliphatic rings. The quantitative estimate of drug-likeness (QED) is 0.813. The minimum absolute atomic E-state index is 0.0834. The van der Waals surface area contributed by atoms with E-state index in [0.29, 0.717) is 29.2 Å². The minimum Gasteiger partial charge on any atom is -0.465 e. The van der Waals surface area contributed by atoms with Crippen LogP contribution in [0.25, 0.3) is 0 Å². The average molecular weight is 293 g/mol. The van der Waals surface area contributed by atoms with Gasteiger partial charge in [0.05, 0.1) is 19.2 Å². The Morgan fingerprint density at radius 3 is 2.80 bits per heavy atom. The number of rotatable bonds is 4. The Labute approximate surface area is 120 Å². The molecule has 6 heteroatoms. The first-order valence-electron chi connectivity index (χ1n) is 5.98. The van der Waals surface area contributed by atoms with Crippen LogP contribution in [0.4, 0.5) is 0 Å². The molecule has 0 radical (unpaired) electrons. The van der Waals surface area contributed by atoms with Crippen LogP contribution >= 0.6 is 11.3 Å². The lowest BCUT2D eigenvalue weighted by molar-refractivity contribution is 0.0598. The first kappa shape index (κ1) is 14.3. The molecule has 0 fully saturated rings. The van der Waals surface area contributed by atoms with Gasteiger partial charge in [-0.2, -0.15) is 11.3 Å². The van der Waals surface area contributed by atoms with Gasteiger partial charge in [0.25, 0.3) is 5.91 Å². The van der Waals surface area contributed by atoms with E-state index in [0.717, 1.165) is 0 Å². The lowest BCUT2D eigenvalue weighted by Gasteiger charge is -2.14. The molecule has 0 bridgehead atoms. The Hall–Kier alpha value is -2.08. The largest absolute Gasteiger partial charge is 0.465 e. The molecule has 0 aliphatic heterocycles. The van der Waals surface area contributed by atoms with Gasteiger partial charge < -0.3 is 14.1 Å². The van der Waals surface area contributed by atoms with E-state index in [-0.39, 0.29) is 5.91 Å². The number of furan rings is 1. The van der Waals surface area contributed by atoms with Gasteiger partial charge in [0.2, 0.25) is 0 Å². The highest BCUT2D eigenvalue weighted by atomic mass is 32.1. The summed E-state index contributed by atoms with van der Waals surface area (Å²) in [6.45, 7) is 1.99. The van der Waals surface area contributed by atoms with Crippen molar-refractivity contribution >= 4 is 23.2 Å². The maximum absolute atomic E-state index is 12.1. The number of esters is 1. The molecule has 0 unspecified atom stereocenters.